The Morgan fingerprint density at radius 1 is 0.167 bits per heavy atom. The van der Waals surface area contributed by atoms with Crippen LogP contribution in [0.15, 0.2) is 243 Å². The zero-order chi connectivity index (χ0) is 43.3. The highest BCUT2D eigenvalue weighted by molar-refractivity contribution is 6.30. The van der Waals surface area contributed by atoms with Crippen molar-refractivity contribution >= 4 is 64.6 Å². The largest absolute Gasteiger partial charge is 0.0622 e. The molecule has 0 saturated heterocycles. The lowest BCUT2D eigenvalue weighted by atomic mass is 9.82. The molecule has 66 heavy (non-hydrogen) atoms. The van der Waals surface area contributed by atoms with E-state index in [1.165, 1.54) is 143 Å². The fourth-order valence-corrected chi connectivity index (χ4v) is 11.7. The van der Waals surface area contributed by atoms with E-state index >= 15 is 0 Å². The smallest absolute Gasteiger partial charge is 0.000741 e. The fourth-order valence-electron chi connectivity index (χ4n) is 11.7. The van der Waals surface area contributed by atoms with Gasteiger partial charge in [-0.15, -0.1) is 0 Å². The highest BCUT2D eigenvalue weighted by Crippen LogP contribution is 2.59. The van der Waals surface area contributed by atoms with Crippen molar-refractivity contribution in [3.63, 3.8) is 0 Å². The molecule has 13 aromatic rings. The molecule has 0 heteroatoms. The van der Waals surface area contributed by atoms with Crippen molar-refractivity contribution in [3.8, 4) is 77.9 Å². The molecule has 0 fully saturated rings. The fraction of sp³-hybridized carbons (Fsp3) is 0. The van der Waals surface area contributed by atoms with Crippen LogP contribution in [0.4, 0.5) is 0 Å². The van der Waals surface area contributed by atoms with Gasteiger partial charge < -0.3 is 0 Å². The van der Waals surface area contributed by atoms with Crippen LogP contribution < -0.4 is 0 Å². The number of benzene rings is 13. The SMILES string of the molecule is c1ccc(-c2c3c(c(-c4ccccc4)c4ccccc24)-c2ccc(-c4ccc5c(-c6cccc7ccccc67)c6ccccc6c(-c6cccc7ccccc67)c5c4)c4cccc-3c24)cc1. The molecule has 0 aromatic heterocycles. The summed E-state index contributed by atoms with van der Waals surface area (Å²) in [6, 6.07) is 90.4. The van der Waals surface area contributed by atoms with Crippen LogP contribution >= 0.6 is 0 Å². The van der Waals surface area contributed by atoms with Crippen LogP contribution in [-0.4, -0.2) is 0 Å². The van der Waals surface area contributed by atoms with Crippen molar-refractivity contribution in [2.75, 3.05) is 0 Å². The van der Waals surface area contributed by atoms with Crippen LogP contribution in [0.2, 0.25) is 0 Å². The summed E-state index contributed by atoms with van der Waals surface area (Å²) in [5.41, 5.74) is 17.8. The van der Waals surface area contributed by atoms with Crippen molar-refractivity contribution in [3.05, 3.63) is 243 Å². The molecule has 0 heterocycles. The summed E-state index contributed by atoms with van der Waals surface area (Å²) >= 11 is 0. The molecule has 13 aromatic carbocycles. The maximum Gasteiger partial charge on any atom is -0.000741 e. The van der Waals surface area contributed by atoms with Crippen LogP contribution in [0.5, 0.6) is 0 Å². The van der Waals surface area contributed by atoms with Gasteiger partial charge in [-0.2, -0.15) is 0 Å². The Morgan fingerprint density at radius 2 is 0.545 bits per heavy atom. The van der Waals surface area contributed by atoms with Gasteiger partial charge in [0.05, 0.1) is 0 Å². The van der Waals surface area contributed by atoms with Crippen LogP contribution in [0, 0.1) is 0 Å². The Morgan fingerprint density at radius 3 is 1.11 bits per heavy atom. The molecule has 0 amide bonds. The van der Waals surface area contributed by atoms with Gasteiger partial charge in [-0.3, -0.25) is 0 Å². The number of hydrogen-bond acceptors (Lipinski definition) is 0. The quantitative estimate of drug-likeness (QED) is 0.152. The lowest BCUT2D eigenvalue weighted by molar-refractivity contribution is 1.62. The summed E-state index contributed by atoms with van der Waals surface area (Å²) in [6.45, 7) is 0. The maximum absolute atomic E-state index is 2.50. The van der Waals surface area contributed by atoms with Crippen molar-refractivity contribution < 1.29 is 0 Å². The average molecular weight is 833 g/mol. The Labute approximate surface area is 383 Å². The molecule has 0 radical (unpaired) electrons. The summed E-state index contributed by atoms with van der Waals surface area (Å²) in [7, 11) is 0. The summed E-state index contributed by atoms with van der Waals surface area (Å²) in [5.74, 6) is 0. The molecule has 1 aliphatic carbocycles. The van der Waals surface area contributed by atoms with E-state index < -0.39 is 0 Å². The van der Waals surface area contributed by atoms with Gasteiger partial charge >= 0.3 is 0 Å². The van der Waals surface area contributed by atoms with E-state index in [4.69, 9.17) is 0 Å². The third-order valence-corrected chi connectivity index (χ3v) is 14.4. The van der Waals surface area contributed by atoms with Crippen molar-refractivity contribution in [1.29, 1.82) is 0 Å². The molecule has 0 bridgehead atoms. The van der Waals surface area contributed by atoms with E-state index in [2.05, 4.69) is 243 Å². The molecule has 14 rings (SSSR count). The van der Waals surface area contributed by atoms with Gasteiger partial charge in [-0.25, -0.2) is 0 Å². The van der Waals surface area contributed by atoms with Gasteiger partial charge in [-0.1, -0.05) is 237 Å². The van der Waals surface area contributed by atoms with E-state index in [9.17, 15) is 0 Å². The lowest BCUT2D eigenvalue weighted by Crippen LogP contribution is -1.93. The Bertz CT molecular complexity index is 4040. The molecule has 0 N–H and O–H groups in total. The Kier molecular flexibility index (Phi) is 8.08. The molecule has 0 nitrogen and oxygen atoms in total. The van der Waals surface area contributed by atoms with E-state index in [1.807, 2.05) is 0 Å². The van der Waals surface area contributed by atoms with Gasteiger partial charge in [0, 0.05) is 0 Å². The van der Waals surface area contributed by atoms with Crippen LogP contribution in [0.3, 0.4) is 0 Å². The second kappa shape index (κ2) is 14.5. The zero-order valence-electron chi connectivity index (χ0n) is 36.1. The average Bonchev–Trinajstić information content (AvgIpc) is 3.72. The predicted octanol–water partition coefficient (Wildman–Crippen LogP) is 18.6. The van der Waals surface area contributed by atoms with E-state index in [0.717, 1.165) is 0 Å². The summed E-state index contributed by atoms with van der Waals surface area (Å²) < 4.78 is 0. The standard InChI is InChI=1S/C66H40/c1-3-20-43(21-4-1)60-52-28-11-12-29-53(52)61(44-22-5-2-6-23-44)66-58-39-38-48(51-34-17-35-57(64(51)58)65(60)66)45-36-37-56-59(40-45)63(50-33-16-25-42-19-8-10-27-47(42)50)55-31-14-13-30-54(55)62(56)49-32-15-24-41-18-7-9-26-46(41)49/h1-40H. The first kappa shape index (κ1) is 36.9. The Balaban J connectivity index is 1.09. The highest BCUT2D eigenvalue weighted by atomic mass is 14.3. The molecule has 0 aliphatic heterocycles. The first-order chi connectivity index (χ1) is 32.8. The second-order valence-electron chi connectivity index (χ2n) is 17.8. The van der Waals surface area contributed by atoms with Gasteiger partial charge in [0.15, 0.2) is 0 Å². The van der Waals surface area contributed by atoms with Gasteiger partial charge in [-0.05, 0) is 149 Å². The summed E-state index contributed by atoms with van der Waals surface area (Å²) in [6.07, 6.45) is 0. The van der Waals surface area contributed by atoms with E-state index in [-0.39, 0.29) is 0 Å². The molecule has 0 saturated carbocycles. The Hall–Kier alpha value is -8.58. The minimum atomic E-state index is 1.21. The minimum absolute atomic E-state index is 1.21. The summed E-state index contributed by atoms with van der Waals surface area (Å²) in [5, 5.41) is 15.2. The molecule has 1 aliphatic rings. The minimum Gasteiger partial charge on any atom is -0.0622 e. The van der Waals surface area contributed by atoms with Gasteiger partial charge in [0.2, 0.25) is 0 Å². The van der Waals surface area contributed by atoms with Crippen LogP contribution in [0.25, 0.3) is 143 Å². The molecule has 0 atom stereocenters. The van der Waals surface area contributed by atoms with E-state index in [0.29, 0.717) is 0 Å². The van der Waals surface area contributed by atoms with Gasteiger partial charge in [0.1, 0.15) is 0 Å². The lowest BCUT2D eigenvalue weighted by Gasteiger charge is -2.21. The third kappa shape index (κ3) is 5.33. The molecular formula is C66H40. The number of rotatable bonds is 5. The number of fused-ring (bicyclic) bond motifs is 8. The first-order valence-corrected chi connectivity index (χ1v) is 23.0. The molecule has 304 valence electrons. The van der Waals surface area contributed by atoms with E-state index in [1.54, 1.807) is 0 Å². The monoisotopic (exact) mass is 832 g/mol. The number of hydrogen-bond donors (Lipinski definition) is 0. The van der Waals surface area contributed by atoms with Crippen LogP contribution in [-0.2, 0) is 0 Å². The topological polar surface area (TPSA) is 0 Å². The molecule has 0 unspecified atom stereocenters. The molecule has 0 spiro atoms. The summed E-state index contributed by atoms with van der Waals surface area (Å²) in [4.78, 5) is 0. The van der Waals surface area contributed by atoms with Crippen molar-refractivity contribution in [2.24, 2.45) is 0 Å². The third-order valence-electron chi connectivity index (χ3n) is 14.4. The van der Waals surface area contributed by atoms with Crippen molar-refractivity contribution in [2.45, 2.75) is 0 Å². The second-order valence-corrected chi connectivity index (χ2v) is 17.8. The van der Waals surface area contributed by atoms with Crippen molar-refractivity contribution in [1.82, 2.24) is 0 Å². The van der Waals surface area contributed by atoms with Crippen LogP contribution in [0.1, 0.15) is 0 Å². The normalized spacial score (nSPS) is 11.9. The molecular weight excluding hydrogens is 793 g/mol. The predicted molar refractivity (Wildman–Crippen MR) is 283 cm³/mol. The van der Waals surface area contributed by atoms with Gasteiger partial charge in [0.25, 0.3) is 0 Å². The maximum atomic E-state index is 2.50. The highest BCUT2D eigenvalue weighted by Gasteiger charge is 2.31. The zero-order valence-corrected chi connectivity index (χ0v) is 36.1. The first-order valence-electron chi connectivity index (χ1n) is 23.0.